The summed E-state index contributed by atoms with van der Waals surface area (Å²) in [5, 5.41) is 2.96. The Labute approximate surface area is 84.1 Å². The van der Waals surface area contributed by atoms with Gasteiger partial charge in [-0.3, -0.25) is 4.79 Å². The molecule has 0 aromatic rings. The van der Waals surface area contributed by atoms with E-state index >= 15 is 0 Å². The molecule has 1 aliphatic rings. The molecule has 0 bridgehead atoms. The highest BCUT2D eigenvalue weighted by Gasteiger charge is 2.40. The Kier molecular flexibility index (Phi) is 2.91. The second-order valence-electron chi connectivity index (χ2n) is 3.91. The normalized spacial score (nSPS) is 20.5. The zero-order valence-corrected chi connectivity index (χ0v) is 8.91. The van der Waals surface area contributed by atoms with Crippen LogP contribution in [0.1, 0.15) is 33.1 Å². The third kappa shape index (κ3) is 2.66. The smallest absolute Gasteiger partial charge is 0.230 e. The number of carbonyl (C=O) groups excluding carboxylic acids is 1. The van der Waals surface area contributed by atoms with E-state index in [-0.39, 0.29) is 17.4 Å². The predicted octanol–water partition coefficient (Wildman–Crippen LogP) is 0.967. The Hall–Kier alpha value is -0.640. The summed E-state index contributed by atoms with van der Waals surface area (Å²) in [6.07, 6.45) is 2.80. The van der Waals surface area contributed by atoms with Gasteiger partial charge in [-0.15, -0.1) is 0 Å². The molecule has 0 radical (unpaired) electrons. The zero-order valence-electron chi connectivity index (χ0n) is 8.09. The Bertz CT molecular complexity index is 236. The average Bonchev–Trinajstić information content (AvgIpc) is 2.67. The van der Waals surface area contributed by atoms with Crippen LogP contribution in [-0.2, 0) is 4.79 Å². The lowest BCUT2D eigenvalue weighted by atomic mass is 10.1. The lowest BCUT2D eigenvalue weighted by Gasteiger charge is -2.17. The standard InChI is InChI=1S/C9H16N2OS/c1-3-6(7(10)13)8(12)11-9(2)4-5-9/h6H,3-5H2,1-2H3,(H2,10,13)(H,11,12). The van der Waals surface area contributed by atoms with Crippen molar-refractivity contribution < 1.29 is 4.79 Å². The summed E-state index contributed by atoms with van der Waals surface area (Å²) >= 11 is 4.82. The van der Waals surface area contributed by atoms with E-state index < -0.39 is 0 Å². The maximum absolute atomic E-state index is 11.6. The van der Waals surface area contributed by atoms with Crippen molar-refractivity contribution in [3.8, 4) is 0 Å². The van der Waals surface area contributed by atoms with Crippen molar-refractivity contribution in [2.24, 2.45) is 11.7 Å². The lowest BCUT2D eigenvalue weighted by molar-refractivity contribution is -0.123. The van der Waals surface area contributed by atoms with E-state index in [1.807, 2.05) is 13.8 Å². The Morgan fingerprint density at radius 2 is 2.23 bits per heavy atom. The van der Waals surface area contributed by atoms with Crippen LogP contribution in [0.2, 0.25) is 0 Å². The Morgan fingerprint density at radius 1 is 1.69 bits per heavy atom. The molecular weight excluding hydrogens is 184 g/mol. The van der Waals surface area contributed by atoms with E-state index in [4.69, 9.17) is 18.0 Å². The van der Waals surface area contributed by atoms with E-state index in [0.29, 0.717) is 11.4 Å². The van der Waals surface area contributed by atoms with Gasteiger partial charge in [0.05, 0.1) is 10.9 Å². The summed E-state index contributed by atoms with van der Waals surface area (Å²) < 4.78 is 0. The maximum Gasteiger partial charge on any atom is 0.230 e. The van der Waals surface area contributed by atoms with Crippen LogP contribution >= 0.6 is 12.2 Å². The molecule has 4 heteroatoms. The number of amides is 1. The van der Waals surface area contributed by atoms with Gasteiger partial charge < -0.3 is 11.1 Å². The molecule has 0 spiro atoms. The van der Waals surface area contributed by atoms with Crippen molar-refractivity contribution >= 4 is 23.1 Å². The van der Waals surface area contributed by atoms with Gasteiger partial charge in [-0.05, 0) is 26.2 Å². The Morgan fingerprint density at radius 3 is 2.54 bits per heavy atom. The van der Waals surface area contributed by atoms with Gasteiger partial charge in [0.15, 0.2) is 0 Å². The minimum Gasteiger partial charge on any atom is -0.393 e. The molecule has 1 aliphatic carbocycles. The molecule has 13 heavy (non-hydrogen) atoms. The summed E-state index contributed by atoms with van der Waals surface area (Å²) in [6, 6.07) is 0. The van der Waals surface area contributed by atoms with E-state index in [1.165, 1.54) is 0 Å². The van der Waals surface area contributed by atoms with Crippen LogP contribution in [0.5, 0.6) is 0 Å². The van der Waals surface area contributed by atoms with Crippen LogP contribution in [0, 0.1) is 5.92 Å². The van der Waals surface area contributed by atoms with Crippen LogP contribution in [0.3, 0.4) is 0 Å². The van der Waals surface area contributed by atoms with Gasteiger partial charge >= 0.3 is 0 Å². The van der Waals surface area contributed by atoms with Crippen molar-refractivity contribution in [1.29, 1.82) is 0 Å². The minimum atomic E-state index is -0.299. The number of hydrogen-bond acceptors (Lipinski definition) is 2. The first-order valence-corrected chi connectivity index (χ1v) is 5.00. The van der Waals surface area contributed by atoms with Crippen molar-refractivity contribution in [2.75, 3.05) is 0 Å². The Balaban J connectivity index is 2.49. The molecule has 0 aromatic carbocycles. The highest BCUT2D eigenvalue weighted by Crippen LogP contribution is 2.34. The summed E-state index contributed by atoms with van der Waals surface area (Å²) in [6.45, 7) is 3.95. The fraction of sp³-hybridized carbons (Fsp3) is 0.778. The van der Waals surface area contributed by atoms with Gasteiger partial charge in [0, 0.05) is 5.54 Å². The van der Waals surface area contributed by atoms with E-state index in [0.717, 1.165) is 12.8 Å². The molecule has 3 N–H and O–H groups in total. The summed E-state index contributed by atoms with van der Waals surface area (Å²) in [5.41, 5.74) is 5.48. The lowest BCUT2D eigenvalue weighted by Crippen LogP contribution is -2.42. The first kappa shape index (κ1) is 10.4. The molecule has 1 rings (SSSR count). The average molecular weight is 200 g/mol. The fourth-order valence-electron chi connectivity index (χ4n) is 1.21. The summed E-state index contributed by atoms with van der Waals surface area (Å²) in [7, 11) is 0. The fourth-order valence-corrected chi connectivity index (χ4v) is 1.49. The van der Waals surface area contributed by atoms with Gasteiger partial charge in [0.1, 0.15) is 0 Å². The van der Waals surface area contributed by atoms with Crippen molar-refractivity contribution in [2.45, 2.75) is 38.6 Å². The molecule has 0 saturated heterocycles. The molecule has 1 fully saturated rings. The number of nitrogens with two attached hydrogens (primary N) is 1. The summed E-state index contributed by atoms with van der Waals surface area (Å²) in [5.74, 6) is -0.317. The van der Waals surface area contributed by atoms with E-state index in [9.17, 15) is 4.79 Å². The molecule has 1 atom stereocenters. The third-order valence-corrected chi connectivity index (χ3v) is 2.78. The van der Waals surface area contributed by atoms with Gasteiger partial charge in [-0.1, -0.05) is 19.1 Å². The van der Waals surface area contributed by atoms with Crippen molar-refractivity contribution in [1.82, 2.24) is 5.32 Å². The van der Waals surface area contributed by atoms with Gasteiger partial charge in [0.2, 0.25) is 5.91 Å². The topological polar surface area (TPSA) is 55.1 Å². The molecule has 0 aliphatic heterocycles. The molecule has 3 nitrogen and oxygen atoms in total. The first-order valence-electron chi connectivity index (χ1n) is 4.60. The van der Waals surface area contributed by atoms with Crippen molar-refractivity contribution in [3.05, 3.63) is 0 Å². The molecule has 1 saturated carbocycles. The molecule has 0 aromatic heterocycles. The monoisotopic (exact) mass is 200 g/mol. The van der Waals surface area contributed by atoms with Gasteiger partial charge in [-0.25, -0.2) is 0 Å². The highest BCUT2D eigenvalue weighted by atomic mass is 32.1. The largest absolute Gasteiger partial charge is 0.393 e. The number of rotatable bonds is 4. The first-order chi connectivity index (χ1) is 5.98. The molecule has 1 unspecified atom stereocenters. The quantitative estimate of drug-likeness (QED) is 0.665. The highest BCUT2D eigenvalue weighted by molar-refractivity contribution is 7.80. The predicted molar refractivity (Wildman–Crippen MR) is 56.3 cm³/mol. The van der Waals surface area contributed by atoms with Crippen LogP contribution in [0.4, 0.5) is 0 Å². The van der Waals surface area contributed by atoms with Gasteiger partial charge in [0.25, 0.3) is 0 Å². The molecule has 74 valence electrons. The second-order valence-corrected chi connectivity index (χ2v) is 4.38. The summed E-state index contributed by atoms with van der Waals surface area (Å²) in [4.78, 5) is 11.9. The van der Waals surface area contributed by atoms with E-state index in [2.05, 4.69) is 5.32 Å². The SMILES string of the molecule is CCC(C(=O)NC1(C)CC1)C(N)=S. The third-order valence-electron chi connectivity index (χ3n) is 2.49. The van der Waals surface area contributed by atoms with Crippen LogP contribution in [-0.4, -0.2) is 16.4 Å². The number of hydrogen-bond donors (Lipinski definition) is 2. The molecular formula is C9H16N2OS. The van der Waals surface area contributed by atoms with Crippen LogP contribution < -0.4 is 11.1 Å². The second kappa shape index (κ2) is 3.62. The number of thiocarbonyl (C=S) groups is 1. The number of carbonyl (C=O) groups is 1. The minimum absolute atomic E-state index is 0.0185. The maximum atomic E-state index is 11.6. The molecule has 1 amide bonds. The molecule has 0 heterocycles. The van der Waals surface area contributed by atoms with Crippen LogP contribution in [0.25, 0.3) is 0 Å². The van der Waals surface area contributed by atoms with Crippen molar-refractivity contribution in [3.63, 3.8) is 0 Å². The van der Waals surface area contributed by atoms with E-state index in [1.54, 1.807) is 0 Å². The van der Waals surface area contributed by atoms with Crippen LogP contribution in [0.15, 0.2) is 0 Å². The van der Waals surface area contributed by atoms with Gasteiger partial charge in [-0.2, -0.15) is 0 Å². The number of nitrogens with one attached hydrogen (secondary N) is 1. The zero-order chi connectivity index (χ0) is 10.1.